The summed E-state index contributed by atoms with van der Waals surface area (Å²) in [5.41, 5.74) is 16.6. The van der Waals surface area contributed by atoms with Crippen molar-refractivity contribution in [2.24, 2.45) is 0 Å². The molecule has 0 aliphatic rings. The summed E-state index contributed by atoms with van der Waals surface area (Å²) >= 11 is 0. The van der Waals surface area contributed by atoms with Gasteiger partial charge in [-0.2, -0.15) is 0 Å². The fourth-order valence-corrected chi connectivity index (χ4v) is 2.10. The number of benzene rings is 2. The molecule has 0 atom stereocenters. The van der Waals surface area contributed by atoms with Crippen molar-refractivity contribution in [2.75, 3.05) is 11.5 Å². The molecule has 1 heterocycles. The highest BCUT2D eigenvalue weighted by atomic mass is 14.8. The minimum Gasteiger partial charge on any atom is -0.399 e. The van der Waals surface area contributed by atoms with E-state index in [9.17, 15) is 0 Å². The summed E-state index contributed by atoms with van der Waals surface area (Å²) in [6.45, 7) is 0. The highest BCUT2D eigenvalue weighted by molar-refractivity contribution is 5.70. The standard InChI is InChI=1S/C20H18N4/c21-17-7-1-15(2-8-17)5-11-19-13-24-20(14-23-19)12-6-16-3-9-18(22)10-4-16/h1-14H,21-22H2/b11-5+,12-6+. The van der Waals surface area contributed by atoms with Crippen molar-refractivity contribution in [2.45, 2.75) is 0 Å². The molecule has 0 aliphatic carbocycles. The minimum absolute atomic E-state index is 0.754. The molecule has 0 aliphatic heterocycles. The molecule has 0 bridgehead atoms. The fraction of sp³-hybridized carbons (Fsp3) is 0. The second-order valence-electron chi connectivity index (χ2n) is 5.37. The first kappa shape index (κ1) is 15.5. The van der Waals surface area contributed by atoms with Gasteiger partial charge in [0.05, 0.1) is 23.8 Å². The predicted molar refractivity (Wildman–Crippen MR) is 102 cm³/mol. The summed E-state index contributed by atoms with van der Waals surface area (Å²) in [6.07, 6.45) is 11.3. The molecule has 24 heavy (non-hydrogen) atoms. The van der Waals surface area contributed by atoms with Gasteiger partial charge in [-0.15, -0.1) is 0 Å². The van der Waals surface area contributed by atoms with Gasteiger partial charge >= 0.3 is 0 Å². The minimum atomic E-state index is 0.754. The van der Waals surface area contributed by atoms with Crippen LogP contribution in [0.1, 0.15) is 22.5 Å². The smallest absolute Gasteiger partial charge is 0.0813 e. The Morgan fingerprint density at radius 3 is 1.25 bits per heavy atom. The first-order valence-corrected chi connectivity index (χ1v) is 7.58. The monoisotopic (exact) mass is 314 g/mol. The summed E-state index contributed by atoms with van der Waals surface area (Å²) in [6, 6.07) is 15.3. The first-order chi connectivity index (χ1) is 11.7. The number of nitrogens with two attached hydrogens (primary N) is 2. The molecule has 0 spiro atoms. The Kier molecular flexibility index (Phi) is 4.68. The van der Waals surface area contributed by atoms with Crippen LogP contribution in [0.2, 0.25) is 0 Å². The van der Waals surface area contributed by atoms with Gasteiger partial charge in [-0.1, -0.05) is 36.4 Å². The van der Waals surface area contributed by atoms with Gasteiger partial charge in [-0.3, -0.25) is 9.97 Å². The lowest BCUT2D eigenvalue weighted by Crippen LogP contribution is -1.87. The molecule has 4 nitrogen and oxygen atoms in total. The number of nitrogen functional groups attached to an aromatic ring is 2. The van der Waals surface area contributed by atoms with E-state index in [1.807, 2.05) is 72.8 Å². The Labute approximate surface area is 141 Å². The molecule has 0 radical (unpaired) electrons. The van der Waals surface area contributed by atoms with Gasteiger partial charge in [0.25, 0.3) is 0 Å². The Morgan fingerprint density at radius 2 is 0.917 bits per heavy atom. The summed E-state index contributed by atoms with van der Waals surface area (Å²) in [4.78, 5) is 8.78. The van der Waals surface area contributed by atoms with Crippen LogP contribution in [0, 0.1) is 0 Å². The Bertz CT molecular complexity index is 771. The van der Waals surface area contributed by atoms with Crippen molar-refractivity contribution in [3.05, 3.63) is 83.4 Å². The van der Waals surface area contributed by atoms with Crippen LogP contribution in [-0.2, 0) is 0 Å². The Hall–Kier alpha value is -3.40. The zero-order chi connectivity index (χ0) is 16.8. The quantitative estimate of drug-likeness (QED) is 0.714. The largest absolute Gasteiger partial charge is 0.399 e. The van der Waals surface area contributed by atoms with E-state index in [1.54, 1.807) is 12.4 Å². The molecule has 3 aromatic rings. The van der Waals surface area contributed by atoms with E-state index in [1.165, 1.54) is 0 Å². The van der Waals surface area contributed by atoms with E-state index in [0.29, 0.717) is 0 Å². The van der Waals surface area contributed by atoms with Crippen LogP contribution < -0.4 is 11.5 Å². The third kappa shape index (κ3) is 4.30. The molecule has 0 saturated heterocycles. The SMILES string of the molecule is Nc1ccc(/C=C/c2cnc(/C=C/c3ccc(N)cc3)cn2)cc1. The number of nitrogens with zero attached hydrogens (tertiary/aromatic N) is 2. The zero-order valence-corrected chi connectivity index (χ0v) is 13.1. The number of aromatic nitrogens is 2. The maximum atomic E-state index is 5.67. The number of rotatable bonds is 4. The van der Waals surface area contributed by atoms with Crippen LogP contribution in [0.3, 0.4) is 0 Å². The van der Waals surface area contributed by atoms with Crippen molar-refractivity contribution >= 4 is 35.7 Å². The molecule has 4 N–H and O–H groups in total. The van der Waals surface area contributed by atoms with E-state index in [4.69, 9.17) is 11.5 Å². The lowest BCUT2D eigenvalue weighted by molar-refractivity contribution is 1.16. The summed E-state index contributed by atoms with van der Waals surface area (Å²) < 4.78 is 0. The van der Waals surface area contributed by atoms with Crippen molar-refractivity contribution in [3.8, 4) is 0 Å². The maximum Gasteiger partial charge on any atom is 0.0813 e. The van der Waals surface area contributed by atoms with Crippen LogP contribution >= 0.6 is 0 Å². The fourth-order valence-electron chi connectivity index (χ4n) is 2.10. The molecule has 0 saturated carbocycles. The average molecular weight is 314 g/mol. The van der Waals surface area contributed by atoms with Crippen molar-refractivity contribution in [3.63, 3.8) is 0 Å². The van der Waals surface area contributed by atoms with Gasteiger partial charge in [-0.05, 0) is 47.5 Å². The van der Waals surface area contributed by atoms with Crippen LogP contribution in [-0.4, -0.2) is 9.97 Å². The number of anilines is 2. The van der Waals surface area contributed by atoms with Crippen LogP contribution in [0.25, 0.3) is 24.3 Å². The normalized spacial score (nSPS) is 11.3. The van der Waals surface area contributed by atoms with Gasteiger partial charge in [0.2, 0.25) is 0 Å². The van der Waals surface area contributed by atoms with E-state index < -0.39 is 0 Å². The molecule has 0 fully saturated rings. The molecule has 3 rings (SSSR count). The van der Waals surface area contributed by atoms with Crippen LogP contribution in [0.15, 0.2) is 60.9 Å². The van der Waals surface area contributed by atoms with Crippen molar-refractivity contribution in [1.82, 2.24) is 9.97 Å². The van der Waals surface area contributed by atoms with Gasteiger partial charge in [-0.25, -0.2) is 0 Å². The average Bonchev–Trinajstić information content (AvgIpc) is 2.62. The second-order valence-corrected chi connectivity index (χ2v) is 5.37. The molecule has 1 aromatic heterocycles. The molecule has 0 amide bonds. The van der Waals surface area contributed by atoms with Crippen molar-refractivity contribution in [1.29, 1.82) is 0 Å². The van der Waals surface area contributed by atoms with Crippen LogP contribution in [0.5, 0.6) is 0 Å². The molecular formula is C20H18N4. The molecule has 0 unspecified atom stereocenters. The summed E-state index contributed by atoms with van der Waals surface area (Å²) in [7, 11) is 0. The number of hydrogen-bond donors (Lipinski definition) is 2. The zero-order valence-electron chi connectivity index (χ0n) is 13.1. The first-order valence-electron chi connectivity index (χ1n) is 7.58. The predicted octanol–water partition coefficient (Wildman–Crippen LogP) is 3.98. The summed E-state index contributed by atoms with van der Waals surface area (Å²) in [5, 5.41) is 0. The summed E-state index contributed by atoms with van der Waals surface area (Å²) in [5.74, 6) is 0. The number of hydrogen-bond acceptors (Lipinski definition) is 4. The van der Waals surface area contributed by atoms with Crippen LogP contribution in [0.4, 0.5) is 11.4 Å². The third-order valence-electron chi connectivity index (χ3n) is 3.46. The Morgan fingerprint density at radius 1 is 0.542 bits per heavy atom. The second kappa shape index (κ2) is 7.24. The molecule has 4 heteroatoms. The lowest BCUT2D eigenvalue weighted by atomic mass is 10.2. The third-order valence-corrected chi connectivity index (χ3v) is 3.46. The highest BCUT2D eigenvalue weighted by Crippen LogP contribution is 2.11. The van der Waals surface area contributed by atoms with E-state index in [2.05, 4.69) is 9.97 Å². The molecule has 118 valence electrons. The Balaban J connectivity index is 1.66. The van der Waals surface area contributed by atoms with Gasteiger partial charge in [0.15, 0.2) is 0 Å². The topological polar surface area (TPSA) is 77.8 Å². The molecular weight excluding hydrogens is 296 g/mol. The molecule has 2 aromatic carbocycles. The van der Waals surface area contributed by atoms with E-state index >= 15 is 0 Å². The van der Waals surface area contributed by atoms with Crippen molar-refractivity contribution < 1.29 is 0 Å². The maximum absolute atomic E-state index is 5.67. The lowest BCUT2D eigenvalue weighted by Gasteiger charge is -1.97. The van der Waals surface area contributed by atoms with E-state index in [0.717, 1.165) is 33.9 Å². The van der Waals surface area contributed by atoms with E-state index in [-0.39, 0.29) is 0 Å². The highest BCUT2D eigenvalue weighted by Gasteiger charge is 1.93. The van der Waals surface area contributed by atoms with Gasteiger partial charge < -0.3 is 11.5 Å². The van der Waals surface area contributed by atoms with Gasteiger partial charge in [0.1, 0.15) is 0 Å². The van der Waals surface area contributed by atoms with Gasteiger partial charge in [0, 0.05) is 11.4 Å².